The van der Waals surface area contributed by atoms with Crippen LogP contribution in [0.3, 0.4) is 0 Å². The Morgan fingerprint density at radius 3 is 1.68 bits per heavy atom. The smallest absolute Gasteiger partial charge is 0.223 e. The van der Waals surface area contributed by atoms with Crippen LogP contribution >= 0.6 is 39.1 Å². The van der Waals surface area contributed by atoms with Gasteiger partial charge in [0, 0.05) is 90.4 Å². The molecule has 0 bridgehead atoms. The van der Waals surface area contributed by atoms with Crippen molar-refractivity contribution in [3.05, 3.63) is 124 Å². The lowest BCUT2D eigenvalue weighted by atomic mass is 10.1. The molecule has 1 aliphatic carbocycles. The van der Waals surface area contributed by atoms with Crippen LogP contribution in [0.15, 0.2) is 75.0 Å². The fraction of sp³-hybridized carbons (Fsp3) is 0.333. The summed E-state index contributed by atoms with van der Waals surface area (Å²) in [4.78, 5) is 27.7. The highest BCUT2D eigenvalue weighted by molar-refractivity contribution is 9.10. The molecule has 0 saturated heterocycles. The number of pyridine rings is 2. The van der Waals surface area contributed by atoms with Crippen LogP contribution in [0.1, 0.15) is 46.8 Å². The summed E-state index contributed by atoms with van der Waals surface area (Å²) in [6.07, 6.45) is 5.61. The zero-order chi connectivity index (χ0) is 31.0. The Morgan fingerprint density at radius 1 is 0.705 bits per heavy atom. The Morgan fingerprint density at radius 2 is 1.20 bits per heavy atom. The van der Waals surface area contributed by atoms with Crippen molar-refractivity contribution in [1.29, 1.82) is 0 Å². The minimum Gasteiger partial charge on any atom is -0.503 e. The molecule has 3 aliphatic rings. The summed E-state index contributed by atoms with van der Waals surface area (Å²) in [6, 6.07) is 15.3. The molecule has 2 aromatic heterocycles. The van der Waals surface area contributed by atoms with Crippen molar-refractivity contribution >= 4 is 39.1 Å². The average molecular weight is 700 g/mol. The van der Waals surface area contributed by atoms with Gasteiger partial charge in [-0.05, 0) is 53.6 Å². The maximum absolute atomic E-state index is 11.6. The van der Waals surface area contributed by atoms with Crippen molar-refractivity contribution in [2.24, 2.45) is 0 Å². The van der Waals surface area contributed by atoms with E-state index in [4.69, 9.17) is 23.2 Å². The van der Waals surface area contributed by atoms with Crippen LogP contribution in [0.5, 0.6) is 11.5 Å². The van der Waals surface area contributed by atoms with Crippen molar-refractivity contribution in [3.8, 4) is 11.5 Å². The standard InChI is InChI=1S/C18H19ClN2O2.C15H14BrClN2O2/c19-16-7-13(12-1-2-12)3-4-14(16)9-20-5-6-21-11-18(23)17(22)8-15(21)10-20;16-11-2-1-10(13(17)5-11)7-18-3-4-19-9-15(21)14(20)6-12(19)8-18/h3-4,7-8,11-12,23H,1-2,5-6,9-10H2;1-2,5-6,9,21H,3-4,7-8H2. The largest absolute Gasteiger partial charge is 0.503 e. The van der Waals surface area contributed by atoms with Crippen molar-refractivity contribution in [3.63, 3.8) is 0 Å². The molecule has 2 aliphatic heterocycles. The highest BCUT2D eigenvalue weighted by Crippen LogP contribution is 2.41. The quantitative estimate of drug-likeness (QED) is 0.262. The van der Waals surface area contributed by atoms with Gasteiger partial charge in [0.05, 0.1) is 12.4 Å². The molecule has 2 N–H and O–H groups in total. The van der Waals surface area contributed by atoms with Gasteiger partial charge >= 0.3 is 0 Å². The van der Waals surface area contributed by atoms with Crippen LogP contribution in [0.2, 0.25) is 10.0 Å². The number of rotatable bonds is 5. The van der Waals surface area contributed by atoms with E-state index < -0.39 is 0 Å². The maximum atomic E-state index is 11.6. The number of aromatic nitrogens is 2. The fourth-order valence-corrected chi connectivity index (χ4v) is 6.75. The van der Waals surface area contributed by atoms with E-state index in [2.05, 4.69) is 43.9 Å². The van der Waals surface area contributed by atoms with Crippen LogP contribution in [-0.4, -0.2) is 42.2 Å². The Labute approximate surface area is 273 Å². The second kappa shape index (κ2) is 13.1. The first-order valence-corrected chi connectivity index (χ1v) is 16.2. The third kappa shape index (κ3) is 7.24. The lowest BCUT2D eigenvalue weighted by molar-refractivity contribution is 0.210. The van der Waals surface area contributed by atoms with Crippen LogP contribution < -0.4 is 10.9 Å². The first-order chi connectivity index (χ1) is 21.1. The van der Waals surface area contributed by atoms with E-state index in [0.29, 0.717) is 19.0 Å². The molecule has 1 saturated carbocycles. The third-order valence-electron chi connectivity index (χ3n) is 8.41. The van der Waals surface area contributed by atoms with Gasteiger partial charge in [0.25, 0.3) is 0 Å². The van der Waals surface area contributed by atoms with Gasteiger partial charge in [0.1, 0.15) is 0 Å². The minimum absolute atomic E-state index is 0.180. The van der Waals surface area contributed by atoms with Crippen LogP contribution in [0.25, 0.3) is 0 Å². The highest BCUT2D eigenvalue weighted by Gasteiger charge is 2.24. The van der Waals surface area contributed by atoms with Crippen molar-refractivity contribution in [2.75, 3.05) is 13.1 Å². The Hall–Kier alpha value is -3.08. The lowest BCUT2D eigenvalue weighted by Gasteiger charge is -2.30. The molecule has 8 nitrogen and oxygen atoms in total. The van der Waals surface area contributed by atoms with E-state index >= 15 is 0 Å². The van der Waals surface area contributed by atoms with E-state index in [1.807, 2.05) is 27.3 Å². The summed E-state index contributed by atoms with van der Waals surface area (Å²) >= 11 is 16.1. The molecule has 230 valence electrons. The second-order valence-corrected chi connectivity index (χ2v) is 13.4. The summed E-state index contributed by atoms with van der Waals surface area (Å²) in [5.41, 5.74) is 4.75. The van der Waals surface area contributed by atoms with Crippen molar-refractivity contribution in [1.82, 2.24) is 18.9 Å². The Kier molecular flexibility index (Phi) is 9.21. The van der Waals surface area contributed by atoms with Crippen LogP contribution in [-0.2, 0) is 39.3 Å². The number of hydrogen-bond acceptors (Lipinski definition) is 6. The minimum atomic E-state index is -0.329. The number of fused-ring (bicyclic) bond motifs is 2. The van der Waals surface area contributed by atoms with Crippen LogP contribution in [0, 0.1) is 0 Å². The van der Waals surface area contributed by atoms with Gasteiger partial charge < -0.3 is 19.3 Å². The van der Waals surface area contributed by atoms with Gasteiger partial charge in [0.15, 0.2) is 11.5 Å². The Bertz CT molecular complexity index is 1820. The van der Waals surface area contributed by atoms with Gasteiger partial charge in [-0.1, -0.05) is 57.3 Å². The molecule has 2 aromatic carbocycles. The molecule has 4 aromatic rings. The van der Waals surface area contributed by atoms with Gasteiger partial charge in [0.2, 0.25) is 10.9 Å². The first-order valence-electron chi connectivity index (χ1n) is 14.6. The predicted octanol–water partition coefficient (Wildman–Crippen LogP) is 6.09. The van der Waals surface area contributed by atoms with Crippen LogP contribution in [0.4, 0.5) is 0 Å². The molecule has 0 radical (unpaired) electrons. The summed E-state index contributed by atoms with van der Waals surface area (Å²) in [5.74, 6) is 0.340. The monoisotopic (exact) mass is 698 g/mol. The number of benzene rings is 2. The van der Waals surface area contributed by atoms with E-state index in [9.17, 15) is 19.8 Å². The molecule has 1 fully saturated rings. The summed E-state index contributed by atoms with van der Waals surface area (Å²) in [6.45, 7) is 6.11. The fourth-order valence-electron chi connectivity index (χ4n) is 5.77. The van der Waals surface area contributed by atoms with Gasteiger partial charge in [-0.3, -0.25) is 19.4 Å². The van der Waals surface area contributed by atoms with Crippen molar-refractivity contribution < 1.29 is 10.2 Å². The Balaban J connectivity index is 0.000000157. The first kappa shape index (κ1) is 30.9. The van der Waals surface area contributed by atoms with E-state index in [-0.39, 0.29) is 22.4 Å². The predicted molar refractivity (Wildman–Crippen MR) is 176 cm³/mol. The molecule has 7 rings (SSSR count). The number of aromatic hydroxyl groups is 2. The normalized spacial score (nSPS) is 16.5. The zero-order valence-corrected chi connectivity index (χ0v) is 27.2. The molecule has 4 heterocycles. The number of nitrogens with zero attached hydrogens (tertiary/aromatic N) is 4. The molecule has 11 heteroatoms. The van der Waals surface area contributed by atoms with E-state index in [1.165, 1.54) is 42.9 Å². The zero-order valence-electron chi connectivity index (χ0n) is 24.1. The lowest BCUT2D eigenvalue weighted by Crippen LogP contribution is -2.34. The SMILES string of the molecule is O=c1cc2n(cc1O)CCN(Cc1ccc(Br)cc1Cl)C2.O=c1cc2n(cc1O)CCN(Cc1ccc(C3CC3)cc1Cl)C2. The topological polar surface area (TPSA) is 90.9 Å². The molecule has 0 spiro atoms. The van der Waals surface area contributed by atoms with Gasteiger partial charge in [-0.2, -0.15) is 0 Å². The molecular weight excluding hydrogens is 667 g/mol. The van der Waals surface area contributed by atoms with Crippen molar-refractivity contribution in [2.45, 2.75) is 58.0 Å². The molecule has 0 amide bonds. The van der Waals surface area contributed by atoms with E-state index in [1.54, 1.807) is 0 Å². The van der Waals surface area contributed by atoms with E-state index in [0.717, 1.165) is 76.3 Å². The average Bonchev–Trinajstić information content (AvgIpc) is 3.83. The summed E-state index contributed by atoms with van der Waals surface area (Å²) < 4.78 is 4.84. The maximum Gasteiger partial charge on any atom is 0.223 e. The molecule has 44 heavy (non-hydrogen) atoms. The van der Waals surface area contributed by atoms with Gasteiger partial charge in [-0.25, -0.2) is 0 Å². The third-order valence-corrected chi connectivity index (χ3v) is 9.61. The summed E-state index contributed by atoms with van der Waals surface area (Å²) in [7, 11) is 0. The number of halogens is 3. The summed E-state index contributed by atoms with van der Waals surface area (Å²) in [5, 5.41) is 20.6. The van der Waals surface area contributed by atoms with Gasteiger partial charge in [-0.15, -0.1) is 0 Å². The number of hydrogen-bond donors (Lipinski definition) is 2. The highest BCUT2D eigenvalue weighted by atomic mass is 79.9. The molecular formula is C33H33BrCl2N4O4. The molecule has 0 unspecified atom stereocenters. The second-order valence-electron chi connectivity index (χ2n) is 11.7. The molecule has 0 atom stereocenters.